The molecular weight excluding hydrogens is 362 g/mol. The van der Waals surface area contributed by atoms with Crippen LogP contribution in [0.2, 0.25) is 0 Å². The molecule has 142 valence electrons. The van der Waals surface area contributed by atoms with E-state index in [0.29, 0.717) is 12.4 Å². The van der Waals surface area contributed by atoms with Crippen LogP contribution < -0.4 is 5.56 Å². The van der Waals surface area contributed by atoms with Gasteiger partial charge in [0, 0.05) is 68.8 Å². The maximum absolute atomic E-state index is 12.1. The summed E-state index contributed by atoms with van der Waals surface area (Å²) in [6.07, 6.45) is 5.50. The van der Waals surface area contributed by atoms with Crippen LogP contribution in [-0.4, -0.2) is 67.1 Å². The van der Waals surface area contributed by atoms with E-state index in [1.54, 1.807) is 34.3 Å². The van der Waals surface area contributed by atoms with Crippen LogP contribution in [0.4, 0.5) is 0 Å². The van der Waals surface area contributed by atoms with Crippen LogP contribution in [-0.2, 0) is 13.1 Å². The van der Waals surface area contributed by atoms with E-state index >= 15 is 0 Å². The maximum atomic E-state index is 12.1. The first-order chi connectivity index (χ1) is 13.2. The van der Waals surface area contributed by atoms with E-state index < -0.39 is 0 Å². The lowest BCUT2D eigenvalue weighted by molar-refractivity contribution is 0.123. The van der Waals surface area contributed by atoms with E-state index in [1.165, 1.54) is 9.56 Å². The Hall–Kier alpha value is -2.36. The van der Waals surface area contributed by atoms with Crippen molar-refractivity contribution in [1.29, 1.82) is 0 Å². The van der Waals surface area contributed by atoms with Crippen molar-refractivity contribution in [3.63, 3.8) is 0 Å². The summed E-state index contributed by atoms with van der Waals surface area (Å²) in [4.78, 5) is 22.6. The van der Waals surface area contributed by atoms with Crippen LogP contribution in [0, 0.1) is 6.92 Å². The Bertz CT molecular complexity index is 925. The third-order valence-electron chi connectivity index (χ3n) is 4.73. The predicted molar refractivity (Wildman–Crippen MR) is 104 cm³/mol. The van der Waals surface area contributed by atoms with Crippen molar-refractivity contribution in [2.45, 2.75) is 20.0 Å². The molecule has 0 unspecified atom stereocenters. The Kier molecular flexibility index (Phi) is 5.42. The molecule has 3 aromatic heterocycles. The van der Waals surface area contributed by atoms with Gasteiger partial charge < -0.3 is 0 Å². The summed E-state index contributed by atoms with van der Waals surface area (Å²) in [5.41, 5.74) is -0.0786. The van der Waals surface area contributed by atoms with Gasteiger partial charge in [0.25, 0.3) is 5.56 Å². The van der Waals surface area contributed by atoms with Gasteiger partial charge in [-0.15, -0.1) is 16.4 Å². The summed E-state index contributed by atoms with van der Waals surface area (Å²) in [6, 6.07) is 5.09. The normalized spacial score (nSPS) is 16.0. The van der Waals surface area contributed by atoms with Crippen LogP contribution in [0.25, 0.3) is 5.82 Å². The third-order valence-corrected chi connectivity index (χ3v) is 5.63. The molecule has 1 fully saturated rings. The molecule has 9 heteroatoms. The molecule has 0 bridgehead atoms. The smallest absolute Gasteiger partial charge is 0.266 e. The van der Waals surface area contributed by atoms with Gasteiger partial charge in [-0.05, 0) is 19.1 Å². The van der Waals surface area contributed by atoms with Crippen LogP contribution in [0.3, 0.4) is 0 Å². The molecule has 4 heterocycles. The molecule has 3 aromatic rings. The molecule has 0 spiro atoms. The molecule has 1 saturated heterocycles. The summed E-state index contributed by atoms with van der Waals surface area (Å²) < 4.78 is 3.19. The third kappa shape index (κ3) is 4.49. The Labute approximate surface area is 161 Å². The molecule has 4 rings (SSSR count). The van der Waals surface area contributed by atoms with E-state index in [0.717, 1.165) is 44.3 Å². The number of piperazine rings is 1. The highest BCUT2D eigenvalue weighted by Gasteiger charge is 2.17. The van der Waals surface area contributed by atoms with E-state index in [1.807, 2.05) is 25.4 Å². The molecule has 0 N–H and O–H groups in total. The van der Waals surface area contributed by atoms with Crippen molar-refractivity contribution in [2.24, 2.45) is 0 Å². The largest absolute Gasteiger partial charge is 0.299 e. The predicted octanol–water partition coefficient (Wildman–Crippen LogP) is 1.01. The van der Waals surface area contributed by atoms with Gasteiger partial charge in [-0.2, -0.15) is 5.10 Å². The Morgan fingerprint density at radius 3 is 2.63 bits per heavy atom. The summed E-state index contributed by atoms with van der Waals surface area (Å²) >= 11 is 1.77. The second-order valence-corrected chi connectivity index (χ2v) is 7.99. The molecule has 1 aliphatic rings. The fraction of sp³-hybridized carbons (Fsp3) is 0.444. The number of aryl methyl sites for hydroxylation is 1. The monoisotopic (exact) mass is 385 g/mol. The summed E-state index contributed by atoms with van der Waals surface area (Å²) in [5.74, 6) is 0.657. The van der Waals surface area contributed by atoms with Crippen LogP contribution in [0.1, 0.15) is 9.88 Å². The van der Waals surface area contributed by atoms with Crippen LogP contribution in [0.15, 0.2) is 41.6 Å². The maximum Gasteiger partial charge on any atom is 0.266 e. The van der Waals surface area contributed by atoms with E-state index in [-0.39, 0.29) is 5.56 Å². The second-order valence-electron chi connectivity index (χ2n) is 6.67. The fourth-order valence-electron chi connectivity index (χ4n) is 3.23. The van der Waals surface area contributed by atoms with E-state index in [9.17, 15) is 4.79 Å². The van der Waals surface area contributed by atoms with Gasteiger partial charge >= 0.3 is 0 Å². The van der Waals surface area contributed by atoms with Gasteiger partial charge in [-0.1, -0.05) is 0 Å². The highest BCUT2D eigenvalue weighted by Crippen LogP contribution is 2.15. The van der Waals surface area contributed by atoms with E-state index in [2.05, 4.69) is 25.0 Å². The molecule has 0 amide bonds. The van der Waals surface area contributed by atoms with Gasteiger partial charge in [0.05, 0.1) is 11.6 Å². The number of thiazole rings is 1. The first kappa shape index (κ1) is 18.0. The zero-order valence-corrected chi connectivity index (χ0v) is 16.2. The molecule has 27 heavy (non-hydrogen) atoms. The molecule has 0 atom stereocenters. The SMILES string of the molecule is Cc1ncc(CN2CCN(CCn3nc(-n4cccn4)ccc3=O)CC2)s1. The lowest BCUT2D eigenvalue weighted by Gasteiger charge is -2.34. The van der Waals surface area contributed by atoms with Crippen molar-refractivity contribution in [3.8, 4) is 5.82 Å². The average Bonchev–Trinajstić information content (AvgIpc) is 3.34. The summed E-state index contributed by atoms with van der Waals surface area (Å²) in [7, 11) is 0. The van der Waals surface area contributed by atoms with Crippen molar-refractivity contribution >= 4 is 11.3 Å². The first-order valence-corrected chi connectivity index (χ1v) is 9.93. The van der Waals surface area contributed by atoms with Gasteiger partial charge in [0.15, 0.2) is 5.82 Å². The van der Waals surface area contributed by atoms with Crippen molar-refractivity contribution in [1.82, 2.24) is 34.3 Å². The number of rotatable bonds is 6. The van der Waals surface area contributed by atoms with Crippen LogP contribution >= 0.6 is 11.3 Å². The number of nitrogens with zero attached hydrogens (tertiary/aromatic N) is 7. The van der Waals surface area contributed by atoms with Gasteiger partial charge in [0.1, 0.15) is 0 Å². The Morgan fingerprint density at radius 1 is 1.11 bits per heavy atom. The van der Waals surface area contributed by atoms with Crippen molar-refractivity contribution in [2.75, 3.05) is 32.7 Å². The molecule has 0 aromatic carbocycles. The highest BCUT2D eigenvalue weighted by molar-refractivity contribution is 7.11. The molecular formula is C18H23N7OS. The zero-order chi connectivity index (χ0) is 18.6. The van der Waals surface area contributed by atoms with E-state index in [4.69, 9.17) is 0 Å². The number of aromatic nitrogens is 5. The molecule has 0 aliphatic carbocycles. The number of hydrogen-bond donors (Lipinski definition) is 0. The molecule has 0 radical (unpaired) electrons. The van der Waals surface area contributed by atoms with Gasteiger partial charge in [0.2, 0.25) is 0 Å². The lowest BCUT2D eigenvalue weighted by atomic mass is 10.3. The quantitative estimate of drug-likeness (QED) is 0.631. The molecule has 0 saturated carbocycles. The second kappa shape index (κ2) is 8.12. The van der Waals surface area contributed by atoms with Gasteiger partial charge in [-0.3, -0.25) is 14.6 Å². The van der Waals surface area contributed by atoms with Crippen molar-refractivity contribution < 1.29 is 0 Å². The minimum atomic E-state index is -0.0786. The minimum absolute atomic E-state index is 0.0786. The highest BCUT2D eigenvalue weighted by atomic mass is 32.1. The first-order valence-electron chi connectivity index (χ1n) is 9.11. The average molecular weight is 385 g/mol. The Morgan fingerprint density at radius 2 is 1.93 bits per heavy atom. The van der Waals surface area contributed by atoms with Crippen molar-refractivity contribution in [3.05, 3.63) is 57.0 Å². The zero-order valence-electron chi connectivity index (χ0n) is 15.4. The fourth-order valence-corrected chi connectivity index (χ4v) is 4.07. The topological polar surface area (TPSA) is 72.1 Å². The number of hydrogen-bond acceptors (Lipinski definition) is 7. The Balaban J connectivity index is 1.30. The lowest BCUT2D eigenvalue weighted by Crippen LogP contribution is -2.47. The summed E-state index contributed by atoms with van der Waals surface area (Å²) in [5, 5.41) is 9.73. The molecule has 8 nitrogen and oxygen atoms in total. The standard InChI is InChI=1S/C18H23N7OS/c1-15-19-13-16(27-15)14-23-9-7-22(8-10-23)11-12-25-18(26)4-3-17(21-25)24-6-2-5-20-24/h2-6,13H,7-12,14H2,1H3. The minimum Gasteiger partial charge on any atom is -0.299 e. The summed E-state index contributed by atoms with van der Waals surface area (Å²) in [6.45, 7) is 8.51. The molecule has 1 aliphatic heterocycles. The van der Waals surface area contributed by atoms with Gasteiger partial charge in [-0.25, -0.2) is 14.3 Å². The van der Waals surface area contributed by atoms with Crippen LogP contribution in [0.5, 0.6) is 0 Å².